The maximum absolute atomic E-state index is 11.5. The topological polar surface area (TPSA) is 75.4 Å². The van der Waals surface area contributed by atoms with E-state index in [-0.39, 0.29) is 17.6 Å². The van der Waals surface area contributed by atoms with E-state index in [0.717, 1.165) is 0 Å². The van der Waals surface area contributed by atoms with Crippen molar-refractivity contribution < 1.29 is 14.1 Å². The summed E-state index contributed by atoms with van der Waals surface area (Å²) < 4.78 is 4.82. The van der Waals surface area contributed by atoms with Crippen molar-refractivity contribution in [2.24, 2.45) is 0 Å². The maximum atomic E-state index is 11.5. The molecule has 7 heteroatoms. The van der Waals surface area contributed by atoms with Crippen molar-refractivity contribution in [1.29, 1.82) is 0 Å². The van der Waals surface area contributed by atoms with Crippen molar-refractivity contribution in [2.45, 2.75) is 13.8 Å². The lowest BCUT2D eigenvalue weighted by molar-refractivity contribution is -0.126. The Morgan fingerprint density at radius 2 is 2.22 bits per heavy atom. The first kappa shape index (κ1) is 14.6. The molecule has 0 fully saturated rings. The second kappa shape index (κ2) is 7.05. The van der Waals surface area contributed by atoms with E-state index in [2.05, 4.69) is 10.5 Å². The number of carbonyl (C=O) groups is 2. The Morgan fingerprint density at radius 1 is 1.50 bits per heavy atom. The minimum Gasteiger partial charge on any atom is -0.360 e. The molecule has 0 aliphatic rings. The zero-order valence-corrected chi connectivity index (χ0v) is 11.5. The van der Waals surface area contributed by atoms with Crippen molar-refractivity contribution in [3.8, 4) is 0 Å². The second-order valence-corrected chi connectivity index (χ2v) is 4.76. The molecule has 0 atom stereocenters. The van der Waals surface area contributed by atoms with Gasteiger partial charge in [0.25, 0.3) is 0 Å². The largest absolute Gasteiger partial charge is 0.360 e. The van der Waals surface area contributed by atoms with Gasteiger partial charge in [-0.05, 0) is 13.8 Å². The van der Waals surface area contributed by atoms with Crippen molar-refractivity contribution in [3.05, 3.63) is 11.8 Å². The van der Waals surface area contributed by atoms with Crippen molar-refractivity contribution in [3.63, 3.8) is 0 Å². The van der Waals surface area contributed by atoms with Crippen LogP contribution >= 0.6 is 11.8 Å². The fourth-order valence-corrected chi connectivity index (χ4v) is 1.88. The average Bonchev–Trinajstić information content (AvgIpc) is 2.73. The van der Waals surface area contributed by atoms with Crippen LogP contribution in [-0.2, 0) is 9.59 Å². The molecule has 0 saturated heterocycles. The first-order chi connectivity index (χ1) is 8.52. The molecule has 1 aromatic rings. The molecule has 0 radical (unpaired) electrons. The lowest BCUT2D eigenvalue weighted by Crippen LogP contribution is -2.28. The Hall–Kier alpha value is -1.50. The van der Waals surface area contributed by atoms with E-state index >= 15 is 0 Å². The third-order valence-electron chi connectivity index (χ3n) is 2.25. The summed E-state index contributed by atoms with van der Waals surface area (Å²) in [6, 6.07) is 1.64. The molecule has 2 amide bonds. The molecular weight excluding hydrogens is 254 g/mol. The van der Waals surface area contributed by atoms with Crippen LogP contribution in [0.5, 0.6) is 0 Å². The number of thioether (sulfide) groups is 1. The fraction of sp³-hybridized carbons (Fsp3) is 0.545. The van der Waals surface area contributed by atoms with Crippen LogP contribution < -0.4 is 5.32 Å². The molecule has 18 heavy (non-hydrogen) atoms. The van der Waals surface area contributed by atoms with Gasteiger partial charge in [0, 0.05) is 19.7 Å². The minimum atomic E-state index is -0.194. The van der Waals surface area contributed by atoms with Crippen LogP contribution in [-0.4, -0.2) is 47.0 Å². The molecule has 0 aliphatic carbocycles. The van der Waals surface area contributed by atoms with Crippen molar-refractivity contribution in [2.75, 3.05) is 30.4 Å². The molecule has 100 valence electrons. The number of amides is 2. The van der Waals surface area contributed by atoms with Gasteiger partial charge < -0.3 is 14.7 Å². The summed E-state index contributed by atoms with van der Waals surface area (Å²) in [5.41, 5.74) is 0. The summed E-state index contributed by atoms with van der Waals surface area (Å²) in [6.07, 6.45) is 0. The van der Waals surface area contributed by atoms with Crippen LogP contribution in [0.25, 0.3) is 0 Å². The van der Waals surface area contributed by atoms with Gasteiger partial charge in [0.2, 0.25) is 11.8 Å². The van der Waals surface area contributed by atoms with Gasteiger partial charge in [-0.25, -0.2) is 0 Å². The normalized spacial score (nSPS) is 10.2. The molecule has 6 nitrogen and oxygen atoms in total. The van der Waals surface area contributed by atoms with E-state index in [0.29, 0.717) is 23.9 Å². The molecule has 0 unspecified atom stereocenters. The molecule has 0 aliphatic heterocycles. The van der Waals surface area contributed by atoms with Crippen LogP contribution in [0, 0.1) is 6.92 Å². The number of rotatable bonds is 6. The van der Waals surface area contributed by atoms with Gasteiger partial charge in [0.05, 0.1) is 11.5 Å². The zero-order chi connectivity index (χ0) is 13.5. The number of hydrogen-bond acceptors (Lipinski definition) is 5. The van der Waals surface area contributed by atoms with E-state index < -0.39 is 0 Å². The first-order valence-electron chi connectivity index (χ1n) is 5.57. The minimum absolute atomic E-state index is 0.0209. The number of nitrogens with one attached hydrogen (secondary N) is 1. The summed E-state index contributed by atoms with van der Waals surface area (Å²) in [6.45, 7) is 4.32. The summed E-state index contributed by atoms with van der Waals surface area (Å²) in [7, 11) is 1.74. The summed E-state index contributed by atoms with van der Waals surface area (Å²) in [5, 5.41) is 6.24. The van der Waals surface area contributed by atoms with E-state index in [1.165, 1.54) is 11.8 Å². The molecular formula is C11H17N3O3S. The molecule has 0 spiro atoms. The highest BCUT2D eigenvalue weighted by Crippen LogP contribution is 2.08. The molecule has 1 rings (SSSR count). The lowest BCUT2D eigenvalue weighted by Gasteiger charge is -2.13. The van der Waals surface area contributed by atoms with Gasteiger partial charge >= 0.3 is 0 Å². The number of hydrogen-bond donors (Lipinski definition) is 1. The number of carbonyl (C=O) groups excluding carboxylic acids is 2. The molecule has 0 aromatic carbocycles. The standard InChI is InChI=1S/C11H17N3O3S/c1-4-14(3)11(16)7-18-6-10(15)12-9-5-8(2)17-13-9/h5H,4,6-7H2,1-3H3,(H,12,13,15). The SMILES string of the molecule is CCN(C)C(=O)CSCC(=O)Nc1cc(C)on1. The van der Waals surface area contributed by atoms with Crippen LogP contribution in [0.4, 0.5) is 5.82 Å². The summed E-state index contributed by atoms with van der Waals surface area (Å²) in [4.78, 5) is 24.6. The van der Waals surface area contributed by atoms with E-state index in [9.17, 15) is 9.59 Å². The van der Waals surface area contributed by atoms with Gasteiger partial charge in [0.1, 0.15) is 5.76 Å². The molecule has 0 saturated carbocycles. The fourth-order valence-electron chi connectivity index (χ4n) is 1.12. The van der Waals surface area contributed by atoms with E-state index in [1.54, 1.807) is 24.9 Å². The second-order valence-electron chi connectivity index (χ2n) is 3.77. The monoisotopic (exact) mass is 271 g/mol. The van der Waals surface area contributed by atoms with Crippen LogP contribution in [0.15, 0.2) is 10.6 Å². The van der Waals surface area contributed by atoms with Crippen molar-refractivity contribution >= 4 is 29.4 Å². The number of aryl methyl sites for hydroxylation is 1. The summed E-state index contributed by atoms with van der Waals surface area (Å²) >= 11 is 1.28. The first-order valence-corrected chi connectivity index (χ1v) is 6.73. The number of nitrogens with zero attached hydrogens (tertiary/aromatic N) is 2. The number of aromatic nitrogens is 1. The predicted molar refractivity (Wildman–Crippen MR) is 70.5 cm³/mol. The van der Waals surface area contributed by atoms with Gasteiger partial charge in [-0.3, -0.25) is 9.59 Å². The van der Waals surface area contributed by atoms with Gasteiger partial charge in [-0.2, -0.15) is 0 Å². The third-order valence-corrected chi connectivity index (χ3v) is 3.17. The van der Waals surface area contributed by atoms with E-state index in [1.807, 2.05) is 6.92 Å². The summed E-state index contributed by atoms with van der Waals surface area (Å²) in [5.74, 6) is 1.38. The lowest BCUT2D eigenvalue weighted by atomic mass is 10.5. The number of anilines is 1. The Morgan fingerprint density at radius 3 is 2.78 bits per heavy atom. The third kappa shape index (κ3) is 4.79. The molecule has 1 heterocycles. The van der Waals surface area contributed by atoms with Crippen LogP contribution in [0.1, 0.15) is 12.7 Å². The Labute approximate surface area is 110 Å². The Balaban J connectivity index is 2.23. The van der Waals surface area contributed by atoms with E-state index in [4.69, 9.17) is 4.52 Å². The quantitative estimate of drug-likeness (QED) is 0.839. The highest BCUT2D eigenvalue weighted by Gasteiger charge is 2.10. The highest BCUT2D eigenvalue weighted by molar-refractivity contribution is 8.00. The van der Waals surface area contributed by atoms with Gasteiger partial charge in [-0.15, -0.1) is 11.8 Å². The van der Waals surface area contributed by atoms with Gasteiger partial charge in [-0.1, -0.05) is 5.16 Å². The highest BCUT2D eigenvalue weighted by atomic mass is 32.2. The van der Waals surface area contributed by atoms with Crippen LogP contribution in [0.2, 0.25) is 0 Å². The smallest absolute Gasteiger partial charge is 0.235 e. The molecule has 0 bridgehead atoms. The molecule has 1 N–H and O–H groups in total. The maximum Gasteiger partial charge on any atom is 0.235 e. The van der Waals surface area contributed by atoms with Crippen molar-refractivity contribution in [1.82, 2.24) is 10.1 Å². The van der Waals surface area contributed by atoms with Gasteiger partial charge in [0.15, 0.2) is 5.82 Å². The van der Waals surface area contributed by atoms with Crippen LogP contribution in [0.3, 0.4) is 0 Å². The zero-order valence-electron chi connectivity index (χ0n) is 10.7. The predicted octanol–water partition coefficient (Wildman–Crippen LogP) is 1.13. The average molecular weight is 271 g/mol. The molecule has 1 aromatic heterocycles. The Bertz CT molecular complexity index is 419. The Kier molecular flexibility index (Phi) is 5.70.